The Morgan fingerprint density at radius 1 is 1.27 bits per heavy atom. The van der Waals surface area contributed by atoms with Crippen molar-refractivity contribution < 1.29 is 42.5 Å². The summed E-state index contributed by atoms with van der Waals surface area (Å²) in [7, 11) is -4.06. The molecule has 3 nitrogen and oxygen atoms in total. The van der Waals surface area contributed by atoms with E-state index >= 15 is 0 Å². The van der Waals surface area contributed by atoms with Gasteiger partial charge in [0.15, 0.2) is 0 Å². The molecule has 1 rings (SSSR count). The fourth-order valence-electron chi connectivity index (χ4n) is 0.776. The topological polar surface area (TPSA) is 54.4 Å². The molecule has 0 atom stereocenters. The van der Waals surface area contributed by atoms with Crippen LogP contribution >= 0.6 is 0 Å². The fraction of sp³-hybridized carbons (Fsp3) is 0.100. The quantitative estimate of drug-likeness (QED) is 0.425. The van der Waals surface area contributed by atoms with E-state index in [-0.39, 0.29) is 34.5 Å². The van der Waals surface area contributed by atoms with Crippen LogP contribution in [0.3, 0.4) is 0 Å². The van der Waals surface area contributed by atoms with E-state index in [0.29, 0.717) is 0 Å². The van der Waals surface area contributed by atoms with Crippen molar-refractivity contribution in [1.29, 1.82) is 0 Å². The van der Waals surface area contributed by atoms with E-state index in [0.717, 1.165) is 5.56 Å². The van der Waals surface area contributed by atoms with E-state index in [4.69, 9.17) is 4.55 Å². The molecule has 0 heterocycles. The SMILES string of the molecule is C=Cc1ccc(S(=O)(=O)O)cc1.[CH2-]C.[Na+]. The molecule has 1 aromatic rings. The van der Waals surface area contributed by atoms with Crippen LogP contribution in [0.1, 0.15) is 12.5 Å². The van der Waals surface area contributed by atoms with E-state index in [2.05, 4.69) is 13.5 Å². The van der Waals surface area contributed by atoms with Gasteiger partial charge in [0.25, 0.3) is 10.1 Å². The van der Waals surface area contributed by atoms with Gasteiger partial charge in [0.05, 0.1) is 4.90 Å². The monoisotopic (exact) mass is 236 g/mol. The van der Waals surface area contributed by atoms with Crippen molar-refractivity contribution in [2.24, 2.45) is 0 Å². The molecular weight excluding hydrogens is 223 g/mol. The van der Waals surface area contributed by atoms with Crippen LogP contribution in [0.25, 0.3) is 6.08 Å². The predicted molar refractivity (Wildman–Crippen MR) is 57.4 cm³/mol. The zero-order chi connectivity index (χ0) is 11.2. The van der Waals surface area contributed by atoms with Crippen LogP contribution in [0.5, 0.6) is 0 Å². The maximum Gasteiger partial charge on any atom is 1.00 e. The van der Waals surface area contributed by atoms with Gasteiger partial charge in [-0.3, -0.25) is 4.55 Å². The first kappa shape index (κ1) is 17.3. The standard InChI is InChI=1S/C8H8O3S.C2H5.Na/c1-2-7-3-5-8(6-4-7)12(9,10)11;1-2;/h2-6H,1H2,(H,9,10,11);1H2,2H3;/q;-1;+1. The van der Waals surface area contributed by atoms with Gasteiger partial charge in [-0.2, -0.15) is 15.3 Å². The summed E-state index contributed by atoms with van der Waals surface area (Å²) in [6.45, 7) is 8.51. The average molecular weight is 236 g/mol. The maximum absolute atomic E-state index is 10.6. The first-order valence-corrected chi connectivity index (χ1v) is 5.39. The summed E-state index contributed by atoms with van der Waals surface area (Å²) >= 11 is 0. The van der Waals surface area contributed by atoms with Crippen molar-refractivity contribution >= 4 is 16.2 Å². The first-order valence-electron chi connectivity index (χ1n) is 3.95. The summed E-state index contributed by atoms with van der Waals surface area (Å²) < 4.78 is 29.7. The van der Waals surface area contributed by atoms with Crippen LogP contribution < -0.4 is 29.6 Å². The Hall–Kier alpha value is -0.130. The van der Waals surface area contributed by atoms with Crippen molar-refractivity contribution in [1.82, 2.24) is 0 Å². The molecule has 0 radical (unpaired) electrons. The molecule has 0 aliphatic rings. The number of hydrogen-bond acceptors (Lipinski definition) is 2. The minimum atomic E-state index is -4.06. The van der Waals surface area contributed by atoms with Gasteiger partial charge in [-0.1, -0.05) is 24.8 Å². The largest absolute Gasteiger partial charge is 1.00 e. The molecule has 0 aromatic heterocycles. The van der Waals surface area contributed by atoms with E-state index < -0.39 is 10.1 Å². The molecule has 0 aliphatic carbocycles. The Labute approximate surface area is 113 Å². The molecule has 5 heteroatoms. The first-order chi connectivity index (χ1) is 6.54. The Morgan fingerprint density at radius 2 is 1.67 bits per heavy atom. The molecule has 0 aliphatic heterocycles. The third-order valence-corrected chi connectivity index (χ3v) is 2.28. The van der Waals surface area contributed by atoms with Gasteiger partial charge >= 0.3 is 29.6 Å². The molecule has 0 saturated carbocycles. The van der Waals surface area contributed by atoms with E-state index in [1.54, 1.807) is 25.1 Å². The summed E-state index contributed by atoms with van der Waals surface area (Å²) in [5.41, 5.74) is 0.808. The molecule has 0 fully saturated rings. The zero-order valence-electron chi connectivity index (χ0n) is 8.97. The van der Waals surface area contributed by atoms with E-state index in [1.165, 1.54) is 12.1 Å². The number of benzene rings is 1. The van der Waals surface area contributed by atoms with Crippen molar-refractivity contribution in [3.8, 4) is 0 Å². The van der Waals surface area contributed by atoms with E-state index in [1.807, 2.05) is 0 Å². The molecule has 0 amide bonds. The number of rotatable bonds is 2. The fourth-order valence-corrected chi connectivity index (χ4v) is 1.26. The maximum atomic E-state index is 10.6. The Balaban J connectivity index is 0. The molecule has 15 heavy (non-hydrogen) atoms. The summed E-state index contributed by atoms with van der Waals surface area (Å²) in [6.07, 6.45) is 1.59. The minimum Gasteiger partial charge on any atom is -0.346 e. The van der Waals surface area contributed by atoms with Crippen LogP contribution in [0.15, 0.2) is 35.7 Å². The third-order valence-electron chi connectivity index (χ3n) is 1.41. The smallest absolute Gasteiger partial charge is 0.346 e. The van der Waals surface area contributed by atoms with Gasteiger partial charge in [-0.05, 0) is 17.7 Å². The van der Waals surface area contributed by atoms with Crippen LogP contribution in [0.4, 0.5) is 0 Å². The third kappa shape index (κ3) is 6.12. The average Bonchev–Trinajstić information content (AvgIpc) is 2.20. The van der Waals surface area contributed by atoms with Gasteiger partial charge in [-0.25, -0.2) is 0 Å². The second kappa shape index (κ2) is 8.07. The molecule has 78 valence electrons. The molecule has 1 N–H and O–H groups in total. The van der Waals surface area contributed by atoms with E-state index in [9.17, 15) is 8.42 Å². The Kier molecular flexibility index (Phi) is 9.29. The normalized spacial score (nSPS) is 9.27. The van der Waals surface area contributed by atoms with Crippen LogP contribution in [-0.4, -0.2) is 13.0 Å². The molecule has 0 unspecified atom stereocenters. The molecular formula is C10H13NaO3S. The minimum absolute atomic E-state index is 0. The van der Waals surface area contributed by atoms with Crippen molar-refractivity contribution in [3.05, 3.63) is 43.3 Å². The van der Waals surface area contributed by atoms with Gasteiger partial charge in [0.2, 0.25) is 0 Å². The summed E-state index contributed by atoms with van der Waals surface area (Å²) in [4.78, 5) is -0.104. The second-order valence-corrected chi connectivity index (χ2v) is 3.67. The molecule has 0 bridgehead atoms. The predicted octanol–water partition coefficient (Wildman–Crippen LogP) is -0.579. The van der Waals surface area contributed by atoms with Crippen molar-refractivity contribution in [2.75, 3.05) is 0 Å². The second-order valence-electron chi connectivity index (χ2n) is 2.25. The molecule has 0 saturated heterocycles. The van der Waals surface area contributed by atoms with Gasteiger partial charge < -0.3 is 6.92 Å². The summed E-state index contributed by atoms with van der Waals surface area (Å²) in [6, 6.07) is 5.78. The number of hydrogen-bond donors (Lipinski definition) is 1. The summed E-state index contributed by atoms with van der Waals surface area (Å²) in [5, 5.41) is 0. The van der Waals surface area contributed by atoms with Crippen LogP contribution in [0.2, 0.25) is 0 Å². The zero-order valence-corrected chi connectivity index (χ0v) is 11.8. The molecule has 0 spiro atoms. The Morgan fingerprint density at radius 3 is 1.93 bits per heavy atom. The van der Waals surface area contributed by atoms with Crippen LogP contribution in [0, 0.1) is 6.92 Å². The van der Waals surface area contributed by atoms with Gasteiger partial charge in [-0.15, -0.1) is 0 Å². The van der Waals surface area contributed by atoms with Gasteiger partial charge in [0.1, 0.15) is 0 Å². The molecule has 1 aromatic carbocycles. The Bertz CT molecular complexity index is 382. The van der Waals surface area contributed by atoms with Gasteiger partial charge in [0, 0.05) is 0 Å². The summed E-state index contributed by atoms with van der Waals surface area (Å²) in [5.74, 6) is 0. The van der Waals surface area contributed by atoms with Crippen molar-refractivity contribution in [3.63, 3.8) is 0 Å². The van der Waals surface area contributed by atoms with Crippen molar-refractivity contribution in [2.45, 2.75) is 11.8 Å². The van der Waals surface area contributed by atoms with Crippen LogP contribution in [-0.2, 0) is 10.1 Å².